The molecule has 0 aliphatic rings. The van der Waals surface area contributed by atoms with Crippen molar-refractivity contribution in [2.45, 2.75) is 168 Å². The van der Waals surface area contributed by atoms with E-state index in [9.17, 15) is 20.2 Å². The summed E-state index contributed by atoms with van der Waals surface area (Å²) >= 11 is 0. The van der Waals surface area contributed by atoms with E-state index in [1.165, 1.54) is 184 Å². The van der Waals surface area contributed by atoms with Crippen molar-refractivity contribution in [3.63, 3.8) is 0 Å². The van der Waals surface area contributed by atoms with Gasteiger partial charge in [0.05, 0.1) is 9.85 Å². The zero-order chi connectivity index (χ0) is 39.4. The first-order chi connectivity index (χ1) is 26.9. The molecule has 3 aromatic rings. The predicted octanol–water partition coefficient (Wildman–Crippen LogP) is 15.5. The molecule has 0 saturated carbocycles. The molecule has 0 aliphatic heterocycles. The molecule has 0 radical (unpaired) electrons. The minimum Gasteiger partial charge on any atom is -0.372 e. The van der Waals surface area contributed by atoms with Crippen LogP contribution in [0.2, 0.25) is 0 Å². The SMILES string of the molecule is CCCCCCCCCCCCCCN(CCCCCCCCCCCCCC)c1ccc(-c2ccc(C=Cc3ccc([N+](=O)[O-])c([N+](=O)[O-])c3)cc2)cc1. The molecule has 0 aromatic heterocycles. The van der Waals surface area contributed by atoms with E-state index in [1.54, 1.807) is 6.08 Å². The van der Waals surface area contributed by atoms with Gasteiger partial charge in [-0.1, -0.05) is 204 Å². The third kappa shape index (κ3) is 18.9. The minimum atomic E-state index is -0.728. The number of hydrogen-bond donors (Lipinski definition) is 0. The summed E-state index contributed by atoms with van der Waals surface area (Å²) in [5.74, 6) is 0. The fraction of sp³-hybridized carbons (Fsp3) is 0.583. The van der Waals surface area contributed by atoms with E-state index >= 15 is 0 Å². The van der Waals surface area contributed by atoms with Crippen LogP contribution >= 0.6 is 0 Å². The van der Waals surface area contributed by atoms with Crippen LogP contribution in [-0.2, 0) is 0 Å². The Labute approximate surface area is 333 Å². The van der Waals surface area contributed by atoms with Crippen LogP contribution in [0.15, 0.2) is 66.7 Å². The summed E-state index contributed by atoms with van der Waals surface area (Å²) in [5.41, 5.74) is 4.07. The molecular formula is C48H71N3O4. The molecule has 0 fully saturated rings. The fourth-order valence-corrected chi connectivity index (χ4v) is 7.45. The van der Waals surface area contributed by atoms with Crippen molar-refractivity contribution in [1.82, 2.24) is 0 Å². The summed E-state index contributed by atoms with van der Waals surface area (Å²) in [6.45, 7) is 6.81. The van der Waals surface area contributed by atoms with Gasteiger partial charge in [0.15, 0.2) is 0 Å². The fourth-order valence-electron chi connectivity index (χ4n) is 7.45. The highest BCUT2D eigenvalue weighted by molar-refractivity contribution is 5.74. The van der Waals surface area contributed by atoms with E-state index in [0.717, 1.165) is 24.2 Å². The predicted molar refractivity (Wildman–Crippen MR) is 235 cm³/mol. The number of nitro groups is 2. The lowest BCUT2D eigenvalue weighted by Crippen LogP contribution is -2.25. The van der Waals surface area contributed by atoms with Gasteiger partial charge in [0.25, 0.3) is 0 Å². The van der Waals surface area contributed by atoms with Gasteiger partial charge in [-0.2, -0.15) is 0 Å². The number of nitro benzene ring substituents is 2. The summed E-state index contributed by atoms with van der Waals surface area (Å²) in [6, 6.07) is 21.2. The van der Waals surface area contributed by atoms with Gasteiger partial charge < -0.3 is 4.90 Å². The number of rotatable bonds is 32. The van der Waals surface area contributed by atoms with E-state index in [2.05, 4.69) is 55.1 Å². The summed E-state index contributed by atoms with van der Waals surface area (Å²) in [7, 11) is 0. The molecule has 302 valence electrons. The second-order valence-electron chi connectivity index (χ2n) is 15.5. The van der Waals surface area contributed by atoms with Crippen LogP contribution in [0.25, 0.3) is 23.3 Å². The van der Waals surface area contributed by atoms with Crippen molar-refractivity contribution in [2.24, 2.45) is 0 Å². The standard InChI is InChI=1S/C48H71N3O4/c1-3-5-7-9-11-13-15-17-19-21-23-25-39-49(40-26-24-22-20-18-16-14-12-10-8-6-4-2)46-36-34-45(35-37-46)44-32-29-42(30-33-44)27-28-43-31-38-47(50(52)53)48(41-43)51(54)55/h27-38,41H,3-26,39-40H2,1-2H3. The van der Waals surface area contributed by atoms with Gasteiger partial charge in [0.2, 0.25) is 0 Å². The lowest BCUT2D eigenvalue weighted by Gasteiger charge is -2.25. The lowest BCUT2D eigenvalue weighted by molar-refractivity contribution is -0.422. The van der Waals surface area contributed by atoms with E-state index in [-0.39, 0.29) is 0 Å². The first kappa shape index (κ1) is 45.4. The summed E-state index contributed by atoms with van der Waals surface area (Å²) in [6.07, 6.45) is 36.5. The lowest BCUT2D eigenvalue weighted by atomic mass is 10.0. The highest BCUT2D eigenvalue weighted by Gasteiger charge is 2.23. The van der Waals surface area contributed by atoms with Crippen molar-refractivity contribution in [3.8, 4) is 11.1 Å². The van der Waals surface area contributed by atoms with Crippen LogP contribution < -0.4 is 4.90 Å². The Kier molecular flexibility index (Phi) is 23.4. The van der Waals surface area contributed by atoms with E-state index in [0.29, 0.717) is 5.56 Å². The van der Waals surface area contributed by atoms with Crippen LogP contribution in [0.3, 0.4) is 0 Å². The molecule has 3 rings (SSSR count). The third-order valence-electron chi connectivity index (χ3n) is 10.9. The summed E-state index contributed by atoms with van der Waals surface area (Å²) in [5, 5.41) is 22.5. The molecule has 0 spiro atoms. The van der Waals surface area contributed by atoms with Gasteiger partial charge in [-0.3, -0.25) is 20.2 Å². The largest absolute Gasteiger partial charge is 0.372 e. The van der Waals surface area contributed by atoms with E-state index in [1.807, 2.05) is 18.2 Å². The van der Waals surface area contributed by atoms with Crippen LogP contribution in [0.4, 0.5) is 17.1 Å². The summed E-state index contributed by atoms with van der Waals surface area (Å²) in [4.78, 5) is 23.6. The Balaban J connectivity index is 1.50. The van der Waals surface area contributed by atoms with Crippen LogP contribution in [0.5, 0.6) is 0 Å². The van der Waals surface area contributed by atoms with Crippen LogP contribution in [0, 0.1) is 20.2 Å². The molecule has 0 unspecified atom stereocenters. The van der Waals surface area contributed by atoms with E-state index < -0.39 is 21.2 Å². The van der Waals surface area contributed by atoms with Gasteiger partial charge in [-0.05, 0) is 53.3 Å². The monoisotopic (exact) mass is 754 g/mol. The van der Waals surface area contributed by atoms with Gasteiger partial charge >= 0.3 is 11.4 Å². The second kappa shape index (κ2) is 28.4. The van der Waals surface area contributed by atoms with Gasteiger partial charge in [-0.15, -0.1) is 0 Å². The second-order valence-corrected chi connectivity index (χ2v) is 15.5. The van der Waals surface area contributed by atoms with Crippen LogP contribution in [0.1, 0.15) is 179 Å². The first-order valence-corrected chi connectivity index (χ1v) is 22.0. The Morgan fingerprint density at radius 1 is 0.436 bits per heavy atom. The van der Waals surface area contributed by atoms with E-state index in [4.69, 9.17) is 0 Å². The quantitative estimate of drug-likeness (QED) is 0.0274. The number of benzene rings is 3. The molecule has 55 heavy (non-hydrogen) atoms. The maximum atomic E-state index is 11.3. The number of anilines is 1. The molecule has 0 atom stereocenters. The average Bonchev–Trinajstić information content (AvgIpc) is 3.20. The molecule has 0 amide bonds. The summed E-state index contributed by atoms with van der Waals surface area (Å²) < 4.78 is 0. The molecule has 3 aromatic carbocycles. The molecule has 7 nitrogen and oxygen atoms in total. The molecule has 0 heterocycles. The van der Waals surface area contributed by atoms with Gasteiger partial charge in [0.1, 0.15) is 0 Å². The van der Waals surface area contributed by atoms with Gasteiger partial charge in [-0.25, -0.2) is 0 Å². The smallest absolute Gasteiger partial charge is 0.346 e. The number of hydrogen-bond acceptors (Lipinski definition) is 5. The number of nitrogens with zero attached hydrogens (tertiary/aromatic N) is 3. The maximum absolute atomic E-state index is 11.3. The Morgan fingerprint density at radius 3 is 1.18 bits per heavy atom. The maximum Gasteiger partial charge on any atom is 0.346 e. The highest BCUT2D eigenvalue weighted by Crippen LogP contribution is 2.29. The Hall–Kier alpha value is -4.00. The van der Waals surface area contributed by atoms with Crippen molar-refractivity contribution in [2.75, 3.05) is 18.0 Å². The molecule has 0 N–H and O–H groups in total. The topological polar surface area (TPSA) is 89.5 Å². The minimum absolute atomic E-state index is 0.505. The Morgan fingerprint density at radius 2 is 0.782 bits per heavy atom. The zero-order valence-electron chi connectivity index (χ0n) is 34.4. The normalized spacial score (nSPS) is 11.4. The highest BCUT2D eigenvalue weighted by atomic mass is 16.6. The van der Waals surface area contributed by atoms with Crippen molar-refractivity contribution < 1.29 is 9.85 Å². The number of unbranched alkanes of at least 4 members (excludes halogenated alkanes) is 22. The molecular weight excluding hydrogens is 683 g/mol. The molecule has 0 saturated heterocycles. The zero-order valence-corrected chi connectivity index (χ0v) is 34.4. The third-order valence-corrected chi connectivity index (χ3v) is 10.9. The van der Waals surface area contributed by atoms with Crippen LogP contribution in [-0.4, -0.2) is 22.9 Å². The average molecular weight is 754 g/mol. The van der Waals surface area contributed by atoms with Crippen molar-refractivity contribution >= 4 is 29.2 Å². The Bertz CT molecular complexity index is 1470. The van der Waals surface area contributed by atoms with Crippen molar-refractivity contribution in [3.05, 3.63) is 98.1 Å². The van der Waals surface area contributed by atoms with Gasteiger partial charge in [0, 0.05) is 30.9 Å². The molecule has 7 heteroatoms. The molecule has 0 aliphatic carbocycles. The first-order valence-electron chi connectivity index (χ1n) is 22.0. The van der Waals surface area contributed by atoms with Crippen molar-refractivity contribution in [1.29, 1.82) is 0 Å². The molecule has 0 bridgehead atoms.